The minimum Gasteiger partial charge on any atom is -0.462 e. The highest BCUT2D eigenvalue weighted by Gasteiger charge is 2.56. The molecule has 2 aliphatic heterocycles. The predicted molar refractivity (Wildman–Crippen MR) is 184 cm³/mol. The van der Waals surface area contributed by atoms with Crippen molar-refractivity contribution in [2.45, 2.75) is 43.5 Å². The maximum Gasteiger partial charge on any atom is 0.338 e. The van der Waals surface area contributed by atoms with E-state index in [9.17, 15) is 24.0 Å². The average molecular weight is 671 g/mol. The van der Waals surface area contributed by atoms with Gasteiger partial charge in [0.2, 0.25) is 17.7 Å². The van der Waals surface area contributed by atoms with Gasteiger partial charge in [-0.2, -0.15) is 0 Å². The van der Waals surface area contributed by atoms with Gasteiger partial charge in [0.1, 0.15) is 11.8 Å². The summed E-state index contributed by atoms with van der Waals surface area (Å²) in [6.45, 7) is 7.54. The van der Waals surface area contributed by atoms with Gasteiger partial charge in [-0.05, 0) is 74.9 Å². The molecule has 0 aliphatic carbocycles. The summed E-state index contributed by atoms with van der Waals surface area (Å²) in [6.07, 6.45) is 0. The molecule has 1 N–H and O–H groups in total. The average Bonchev–Trinajstić information content (AvgIpc) is 3.52. The molecule has 0 radical (unpaired) electrons. The predicted octanol–water partition coefficient (Wildman–Crippen LogP) is 5.37. The van der Waals surface area contributed by atoms with E-state index in [4.69, 9.17) is 4.74 Å². The molecule has 3 aromatic carbocycles. The second kappa shape index (κ2) is 13.6. The maximum absolute atomic E-state index is 14.1. The van der Waals surface area contributed by atoms with Crippen LogP contribution in [0.25, 0.3) is 0 Å². The second-order valence-electron chi connectivity index (χ2n) is 11.1. The van der Waals surface area contributed by atoms with E-state index >= 15 is 0 Å². The van der Waals surface area contributed by atoms with Crippen molar-refractivity contribution in [3.63, 3.8) is 0 Å². The Balaban J connectivity index is 1.34. The Morgan fingerprint density at radius 1 is 0.872 bits per heavy atom. The molecule has 0 unspecified atom stereocenters. The summed E-state index contributed by atoms with van der Waals surface area (Å²) in [6, 6.07) is 23.1. The molecule has 0 spiro atoms. The number of aromatic nitrogens is 1. The van der Waals surface area contributed by atoms with E-state index in [-0.39, 0.29) is 29.8 Å². The Morgan fingerprint density at radius 2 is 1.55 bits per heavy atom. The fraction of sp³-hybridized carbons (Fsp3) is 0.286. The van der Waals surface area contributed by atoms with E-state index in [1.54, 1.807) is 55.5 Å². The first-order chi connectivity index (χ1) is 22.7. The van der Waals surface area contributed by atoms with E-state index in [2.05, 4.69) is 24.1 Å². The number of imide groups is 1. The Labute approximate surface area is 280 Å². The lowest BCUT2D eigenvalue weighted by atomic mass is 9.83. The van der Waals surface area contributed by atoms with Gasteiger partial charge in [0.25, 0.3) is 0 Å². The summed E-state index contributed by atoms with van der Waals surface area (Å²) in [5, 5.41) is 2.52. The van der Waals surface area contributed by atoms with Gasteiger partial charge in [-0.3, -0.25) is 23.7 Å². The Kier molecular flexibility index (Phi) is 9.33. The van der Waals surface area contributed by atoms with Crippen LogP contribution in [-0.4, -0.2) is 53.2 Å². The third kappa shape index (κ3) is 6.10. The van der Waals surface area contributed by atoms with Crippen molar-refractivity contribution >= 4 is 63.9 Å². The number of fused-ring (bicyclic) bond motifs is 2. The molecule has 242 valence electrons. The third-order valence-electron chi connectivity index (χ3n) is 8.43. The fourth-order valence-corrected chi connectivity index (χ4v) is 8.95. The molecular formula is C35H34N4O6S2. The molecule has 3 amide bonds. The number of anilines is 3. The lowest BCUT2D eigenvalue weighted by Gasteiger charge is -2.31. The van der Waals surface area contributed by atoms with Gasteiger partial charge in [-0.15, -0.1) is 0 Å². The van der Waals surface area contributed by atoms with Crippen LogP contribution in [0.5, 0.6) is 0 Å². The molecule has 2 aliphatic rings. The number of hydrogen-bond acceptors (Lipinski definition) is 9. The molecule has 0 saturated carbocycles. The van der Waals surface area contributed by atoms with Gasteiger partial charge in [0.05, 0.1) is 28.8 Å². The number of ether oxygens (including phenoxy) is 1. The van der Waals surface area contributed by atoms with E-state index in [0.717, 1.165) is 35.7 Å². The zero-order chi connectivity index (χ0) is 33.2. The number of carbonyl (C=O) groups is 4. The molecule has 4 aromatic rings. The van der Waals surface area contributed by atoms with Crippen LogP contribution < -0.4 is 20.0 Å². The number of thioether (sulfide) groups is 1. The van der Waals surface area contributed by atoms with Gasteiger partial charge < -0.3 is 15.0 Å². The van der Waals surface area contributed by atoms with Crippen molar-refractivity contribution < 1.29 is 23.9 Å². The van der Waals surface area contributed by atoms with E-state index < -0.39 is 29.0 Å². The largest absolute Gasteiger partial charge is 0.462 e. The van der Waals surface area contributed by atoms with Gasteiger partial charge in [0, 0.05) is 35.3 Å². The monoisotopic (exact) mass is 670 g/mol. The molecule has 12 heteroatoms. The number of nitrogens with one attached hydrogen (secondary N) is 1. The van der Waals surface area contributed by atoms with Crippen molar-refractivity contribution in [1.82, 2.24) is 4.57 Å². The van der Waals surface area contributed by atoms with Crippen LogP contribution in [0.15, 0.2) is 88.7 Å². The molecule has 1 fully saturated rings. The topological polar surface area (TPSA) is 118 Å². The maximum atomic E-state index is 14.1. The number of thiazole rings is 1. The fourth-order valence-electron chi connectivity index (χ4n) is 6.18. The third-order valence-corrected chi connectivity index (χ3v) is 11.0. The molecule has 10 nitrogen and oxygen atoms in total. The number of benzene rings is 3. The van der Waals surface area contributed by atoms with Crippen LogP contribution in [0.3, 0.4) is 0 Å². The lowest BCUT2D eigenvalue weighted by molar-refractivity contribution is -0.122. The summed E-state index contributed by atoms with van der Waals surface area (Å²) in [5.41, 5.74) is 3.18. The highest BCUT2D eigenvalue weighted by molar-refractivity contribution is 8.00. The molecule has 6 rings (SSSR count). The first-order valence-electron chi connectivity index (χ1n) is 15.5. The summed E-state index contributed by atoms with van der Waals surface area (Å²) in [5.74, 6) is -2.83. The zero-order valence-electron chi connectivity index (χ0n) is 26.2. The van der Waals surface area contributed by atoms with Crippen molar-refractivity contribution in [2.24, 2.45) is 5.92 Å². The molecule has 1 saturated heterocycles. The quantitative estimate of drug-likeness (QED) is 0.177. The number of amides is 3. The standard InChI is InChI=1S/C35H34N4O6S2/c1-4-37(5-2)24-18-14-21(15-19-24)27-28-29(32(42)39(31(28)41)25-10-8-7-9-11-25)46-33-30(27)47-35(44)38(33)20-26(40)36-23-16-12-22(13-17-23)34(43)45-6-3/h7-19,27-29H,4-6,20H2,1-3H3,(H,36,40)/t27-,28-,29+/m0/s1. The zero-order valence-corrected chi connectivity index (χ0v) is 27.8. The van der Waals surface area contributed by atoms with Crippen LogP contribution in [0.1, 0.15) is 47.5 Å². The first-order valence-corrected chi connectivity index (χ1v) is 17.2. The molecular weight excluding hydrogens is 637 g/mol. The highest BCUT2D eigenvalue weighted by Crippen LogP contribution is 2.54. The normalized spacial score (nSPS) is 18.4. The summed E-state index contributed by atoms with van der Waals surface area (Å²) < 4.78 is 6.40. The van der Waals surface area contributed by atoms with E-state index in [1.807, 2.05) is 30.3 Å². The van der Waals surface area contributed by atoms with Crippen LogP contribution in [-0.2, 0) is 25.7 Å². The Bertz CT molecular complexity index is 1870. The van der Waals surface area contributed by atoms with Gasteiger partial charge in [-0.25, -0.2) is 9.69 Å². The van der Waals surface area contributed by atoms with Crippen LogP contribution in [0, 0.1) is 5.92 Å². The number of esters is 1. The smallest absolute Gasteiger partial charge is 0.338 e. The minimum atomic E-state index is -0.776. The number of para-hydroxylation sites is 1. The van der Waals surface area contributed by atoms with Crippen LogP contribution in [0.2, 0.25) is 0 Å². The summed E-state index contributed by atoms with van der Waals surface area (Å²) >= 11 is 2.19. The number of rotatable bonds is 10. The number of carbonyl (C=O) groups excluding carboxylic acids is 4. The Morgan fingerprint density at radius 3 is 2.19 bits per heavy atom. The molecule has 3 atom stereocenters. The molecule has 3 heterocycles. The van der Waals surface area contributed by atoms with Gasteiger partial charge in [-0.1, -0.05) is 53.4 Å². The van der Waals surface area contributed by atoms with Crippen molar-refractivity contribution in [2.75, 3.05) is 34.8 Å². The van der Waals surface area contributed by atoms with Crippen LogP contribution in [0.4, 0.5) is 17.1 Å². The Hall–Kier alpha value is -4.68. The first kappa shape index (κ1) is 32.3. The minimum absolute atomic E-state index is 0.253. The molecule has 47 heavy (non-hydrogen) atoms. The van der Waals surface area contributed by atoms with Crippen LogP contribution >= 0.6 is 23.1 Å². The molecule has 1 aromatic heterocycles. The number of hydrogen-bond donors (Lipinski definition) is 1. The van der Waals surface area contributed by atoms with Crippen molar-refractivity contribution in [1.29, 1.82) is 0 Å². The van der Waals surface area contributed by atoms with Crippen molar-refractivity contribution in [3.05, 3.63) is 105 Å². The van der Waals surface area contributed by atoms with Gasteiger partial charge >= 0.3 is 10.8 Å². The van der Waals surface area contributed by atoms with E-state index in [0.29, 0.717) is 26.8 Å². The van der Waals surface area contributed by atoms with Crippen molar-refractivity contribution in [3.8, 4) is 0 Å². The van der Waals surface area contributed by atoms with E-state index in [1.165, 1.54) is 21.2 Å². The molecule has 0 bridgehead atoms. The summed E-state index contributed by atoms with van der Waals surface area (Å²) in [7, 11) is 0. The SMILES string of the molecule is CCOC(=O)c1ccc(NC(=O)Cn2c3c(sc2=O)[C@@H](c2ccc(N(CC)CC)cc2)[C@@H]2C(=O)N(c4ccccc4)C(=O)[C@@H]2S3)cc1. The lowest BCUT2D eigenvalue weighted by Crippen LogP contribution is -2.33. The second-order valence-corrected chi connectivity index (χ2v) is 13.2. The van der Waals surface area contributed by atoms with Gasteiger partial charge in [0.15, 0.2) is 0 Å². The highest BCUT2D eigenvalue weighted by atomic mass is 32.2. The summed E-state index contributed by atoms with van der Waals surface area (Å²) in [4.78, 5) is 70.5. The number of nitrogens with zero attached hydrogens (tertiary/aromatic N) is 3.